The summed E-state index contributed by atoms with van der Waals surface area (Å²) in [6.07, 6.45) is 8.43. The summed E-state index contributed by atoms with van der Waals surface area (Å²) in [7, 11) is 0. The van der Waals surface area contributed by atoms with Gasteiger partial charge in [0.25, 0.3) is 0 Å². The van der Waals surface area contributed by atoms with Crippen molar-refractivity contribution in [3.05, 3.63) is 12.2 Å². The molecule has 0 aromatic heterocycles. The monoisotopic (exact) mass is 359 g/mol. The fourth-order valence-corrected chi connectivity index (χ4v) is 9.30. The van der Waals surface area contributed by atoms with E-state index in [-0.39, 0.29) is 35.9 Å². The van der Waals surface area contributed by atoms with Gasteiger partial charge in [-0.2, -0.15) is 0 Å². The molecule has 8 aliphatic rings. The molecule has 2 spiro atoms. The quantitative estimate of drug-likeness (QED) is 0.744. The van der Waals surface area contributed by atoms with E-state index < -0.39 is 0 Å². The number of fused-ring (bicyclic) bond motifs is 2. The maximum atomic E-state index is 11.3. The minimum Gasteiger partial charge on any atom is -0.395 e. The molecule has 0 aromatic carbocycles. The van der Waals surface area contributed by atoms with Crippen molar-refractivity contribution < 1.29 is 14.9 Å². The zero-order valence-electron chi connectivity index (χ0n) is 16.0. The number of aliphatic hydroxyl groups excluding tert-OH is 2. The third-order valence-electron chi connectivity index (χ3n) is 10.1. The molecule has 26 heavy (non-hydrogen) atoms. The van der Waals surface area contributed by atoms with E-state index in [1.165, 1.54) is 32.1 Å². The van der Waals surface area contributed by atoms with E-state index in [9.17, 15) is 10.2 Å². The van der Waals surface area contributed by atoms with Crippen LogP contribution in [0.1, 0.15) is 51.9 Å². The lowest BCUT2D eigenvalue weighted by atomic mass is 9.32. The Labute approximate surface area is 156 Å². The van der Waals surface area contributed by atoms with Crippen molar-refractivity contribution in [3.8, 4) is 0 Å². The van der Waals surface area contributed by atoms with Gasteiger partial charge >= 0.3 is 0 Å². The van der Waals surface area contributed by atoms with Gasteiger partial charge in [0.05, 0.1) is 18.8 Å². The van der Waals surface area contributed by atoms with Crippen molar-refractivity contribution in [2.75, 3.05) is 19.7 Å². The van der Waals surface area contributed by atoms with E-state index in [4.69, 9.17) is 4.74 Å². The predicted octanol–water partition coefficient (Wildman–Crippen LogP) is 2.55. The normalized spacial score (nSPS) is 60.2. The number of rotatable bonds is 2. The maximum Gasteiger partial charge on any atom is 0.117 e. The second-order valence-corrected chi connectivity index (χ2v) is 10.7. The van der Waals surface area contributed by atoms with E-state index in [1.54, 1.807) is 0 Å². The van der Waals surface area contributed by atoms with Gasteiger partial charge in [0.1, 0.15) is 6.23 Å². The molecule has 3 saturated heterocycles. The summed E-state index contributed by atoms with van der Waals surface area (Å²) in [5.74, 6) is 1.79. The van der Waals surface area contributed by atoms with E-state index in [0.717, 1.165) is 37.4 Å². The molecule has 4 heteroatoms. The van der Waals surface area contributed by atoms with Crippen LogP contribution in [-0.4, -0.2) is 53.2 Å². The molecule has 2 N–H and O–H groups in total. The van der Waals surface area contributed by atoms with Crippen LogP contribution in [-0.2, 0) is 4.74 Å². The highest BCUT2D eigenvalue weighted by Gasteiger charge is 2.78. The lowest BCUT2D eigenvalue weighted by Gasteiger charge is -2.79. The molecule has 0 unspecified atom stereocenters. The zero-order valence-corrected chi connectivity index (χ0v) is 16.0. The van der Waals surface area contributed by atoms with Crippen LogP contribution in [0.2, 0.25) is 0 Å². The highest BCUT2D eigenvalue weighted by molar-refractivity contribution is 5.32. The predicted molar refractivity (Wildman–Crippen MR) is 98.2 cm³/mol. The van der Waals surface area contributed by atoms with Crippen LogP contribution in [0.15, 0.2) is 12.2 Å². The fraction of sp³-hybridized carbons (Fsp3) is 0.909. The standard InChI is InChI=1S/C22H33NO3/c1-13-14-4-7-22(18(13)25)16(10-14)21-6-3-5-20(2)12-23(8-9-24)19(21)26-17(22)11-15(20)21/h14-19,24-25H,1,3-12H2,2H3/t14-,15-,16+,17+,18-,19+,20+,21+,22+/m1/s1. The summed E-state index contributed by atoms with van der Waals surface area (Å²) >= 11 is 0. The Morgan fingerprint density at radius 1 is 1.19 bits per heavy atom. The lowest BCUT2D eigenvalue weighted by Crippen LogP contribution is -2.82. The van der Waals surface area contributed by atoms with Crippen LogP contribution in [0.25, 0.3) is 0 Å². The molecular weight excluding hydrogens is 326 g/mol. The van der Waals surface area contributed by atoms with Gasteiger partial charge in [-0.25, -0.2) is 0 Å². The molecule has 4 nitrogen and oxygen atoms in total. The number of piperidine rings is 1. The second-order valence-electron chi connectivity index (χ2n) is 10.7. The molecule has 5 saturated carbocycles. The smallest absolute Gasteiger partial charge is 0.117 e. The molecule has 8 rings (SSSR count). The molecule has 0 aromatic rings. The first-order chi connectivity index (χ1) is 12.5. The molecule has 3 heterocycles. The van der Waals surface area contributed by atoms with Gasteiger partial charge in [0.15, 0.2) is 0 Å². The summed E-state index contributed by atoms with van der Waals surface area (Å²) < 4.78 is 6.86. The van der Waals surface area contributed by atoms with Crippen LogP contribution in [0.5, 0.6) is 0 Å². The lowest BCUT2D eigenvalue weighted by molar-refractivity contribution is -0.405. The number of β-amino-alcohol motifs (C(OH)–C–C–N with tert-alkyl or cyclic N) is 1. The first-order valence-electron chi connectivity index (χ1n) is 10.8. The summed E-state index contributed by atoms with van der Waals surface area (Å²) in [5, 5.41) is 21.0. The van der Waals surface area contributed by atoms with Gasteiger partial charge in [-0.1, -0.05) is 19.9 Å². The van der Waals surface area contributed by atoms with Crippen molar-refractivity contribution in [1.29, 1.82) is 0 Å². The average Bonchev–Trinajstić information content (AvgIpc) is 2.63. The number of hydrogen-bond acceptors (Lipinski definition) is 4. The van der Waals surface area contributed by atoms with Gasteiger partial charge in [-0.05, 0) is 67.3 Å². The van der Waals surface area contributed by atoms with Gasteiger partial charge in [0.2, 0.25) is 0 Å². The third kappa shape index (κ3) is 1.57. The molecular formula is C22H33NO3. The molecule has 3 aliphatic heterocycles. The second kappa shape index (κ2) is 4.94. The highest BCUT2D eigenvalue weighted by Crippen LogP contribution is 2.78. The van der Waals surface area contributed by atoms with Gasteiger partial charge in [0, 0.05) is 23.9 Å². The van der Waals surface area contributed by atoms with Crippen molar-refractivity contribution in [2.45, 2.75) is 70.3 Å². The van der Waals surface area contributed by atoms with Crippen LogP contribution in [0, 0.1) is 34.0 Å². The van der Waals surface area contributed by atoms with Gasteiger partial charge in [-0.3, -0.25) is 4.90 Å². The van der Waals surface area contributed by atoms with E-state index in [1.807, 2.05) is 0 Å². The Balaban J connectivity index is 1.53. The Kier molecular flexibility index (Phi) is 3.14. The molecule has 9 atom stereocenters. The number of nitrogens with zero attached hydrogens (tertiary/aromatic N) is 1. The van der Waals surface area contributed by atoms with Gasteiger partial charge in [-0.15, -0.1) is 0 Å². The van der Waals surface area contributed by atoms with Crippen LogP contribution in [0.3, 0.4) is 0 Å². The Morgan fingerprint density at radius 2 is 2.04 bits per heavy atom. The molecule has 0 amide bonds. The SMILES string of the molecule is C=C1[C@@H]2CC[C@@]3([C@@H](C2)[C@@]24CCC[C@@]5(C)CN(CCO)[C@H]2O[C@H]3C[C@H]54)[C@@H]1O. The minimum absolute atomic E-state index is 0.0840. The molecule has 7 bridgehead atoms. The van der Waals surface area contributed by atoms with Crippen LogP contribution < -0.4 is 0 Å². The average molecular weight is 360 g/mol. The van der Waals surface area contributed by atoms with Crippen molar-refractivity contribution in [1.82, 2.24) is 4.90 Å². The maximum absolute atomic E-state index is 11.3. The topological polar surface area (TPSA) is 52.9 Å². The summed E-state index contributed by atoms with van der Waals surface area (Å²) in [4.78, 5) is 2.47. The van der Waals surface area contributed by atoms with Crippen LogP contribution >= 0.6 is 0 Å². The first kappa shape index (κ1) is 16.5. The van der Waals surface area contributed by atoms with Crippen molar-refractivity contribution in [2.24, 2.45) is 34.0 Å². The highest BCUT2D eigenvalue weighted by atomic mass is 16.5. The molecule has 8 fully saturated rings. The summed E-state index contributed by atoms with van der Waals surface area (Å²) in [5.41, 5.74) is 1.53. The minimum atomic E-state index is -0.373. The number of aliphatic hydroxyl groups is 2. The summed E-state index contributed by atoms with van der Waals surface area (Å²) in [6, 6.07) is 0. The van der Waals surface area contributed by atoms with E-state index in [2.05, 4.69) is 18.4 Å². The number of ether oxygens (including phenoxy) is 1. The molecule has 0 radical (unpaired) electrons. The third-order valence-corrected chi connectivity index (χ3v) is 10.1. The first-order valence-corrected chi connectivity index (χ1v) is 10.8. The van der Waals surface area contributed by atoms with E-state index >= 15 is 0 Å². The van der Waals surface area contributed by atoms with Crippen LogP contribution in [0.4, 0.5) is 0 Å². The zero-order chi connectivity index (χ0) is 17.9. The summed E-state index contributed by atoms with van der Waals surface area (Å²) in [6.45, 7) is 8.80. The molecule has 144 valence electrons. The van der Waals surface area contributed by atoms with Crippen molar-refractivity contribution >= 4 is 0 Å². The Bertz CT molecular complexity index is 666. The molecule has 5 aliphatic carbocycles. The Hall–Kier alpha value is -0.420. The van der Waals surface area contributed by atoms with Gasteiger partial charge < -0.3 is 14.9 Å². The Morgan fingerprint density at radius 3 is 2.85 bits per heavy atom. The van der Waals surface area contributed by atoms with E-state index in [0.29, 0.717) is 17.3 Å². The number of hydrogen-bond donors (Lipinski definition) is 2. The van der Waals surface area contributed by atoms with Crippen molar-refractivity contribution in [3.63, 3.8) is 0 Å². The number of likely N-dealkylation sites (tertiary alicyclic amines) is 1. The fourth-order valence-electron chi connectivity index (χ4n) is 9.30. The largest absolute Gasteiger partial charge is 0.395 e.